The molecular weight excluding hydrogens is 169 g/mol. The van der Waals surface area contributed by atoms with Gasteiger partial charge < -0.3 is 10.1 Å². The summed E-state index contributed by atoms with van der Waals surface area (Å²) in [5, 5.41) is 2.97. The van der Waals surface area contributed by atoms with E-state index >= 15 is 0 Å². The first-order valence-electron chi connectivity index (χ1n) is 3.95. The van der Waals surface area contributed by atoms with Gasteiger partial charge >= 0.3 is 0 Å². The Labute approximate surface area is 77.0 Å². The number of ether oxygens (including phenoxy) is 1. The molecule has 0 fully saturated rings. The Morgan fingerprint density at radius 1 is 1.54 bits per heavy atom. The maximum Gasteiger partial charge on any atom is 0.128 e. The molecule has 1 aromatic carbocycles. The van der Waals surface area contributed by atoms with E-state index in [4.69, 9.17) is 4.74 Å². The monoisotopic (exact) mass is 181 g/mol. The molecule has 0 unspecified atom stereocenters. The van der Waals surface area contributed by atoms with Gasteiger partial charge in [0.25, 0.3) is 0 Å². The van der Waals surface area contributed by atoms with Gasteiger partial charge in [-0.1, -0.05) is 6.08 Å². The zero-order valence-electron chi connectivity index (χ0n) is 7.51. The normalized spacial score (nSPS) is 9.38. The molecule has 70 valence electrons. The van der Waals surface area contributed by atoms with E-state index in [-0.39, 0.29) is 5.82 Å². The average Bonchev–Trinajstić information content (AvgIpc) is 2.14. The minimum absolute atomic E-state index is 0.314. The van der Waals surface area contributed by atoms with Crippen LogP contribution in [0, 0.1) is 5.82 Å². The van der Waals surface area contributed by atoms with Crippen LogP contribution in [0.5, 0.6) is 5.75 Å². The Balaban J connectivity index is 2.81. The molecule has 0 aliphatic rings. The fraction of sp³-hybridized carbons (Fsp3) is 0.200. The molecule has 0 radical (unpaired) electrons. The highest BCUT2D eigenvalue weighted by molar-refractivity contribution is 5.49. The zero-order chi connectivity index (χ0) is 9.68. The Morgan fingerprint density at radius 2 is 2.31 bits per heavy atom. The smallest absolute Gasteiger partial charge is 0.128 e. The molecule has 0 saturated heterocycles. The van der Waals surface area contributed by atoms with Crippen molar-refractivity contribution in [3.05, 3.63) is 36.7 Å². The van der Waals surface area contributed by atoms with E-state index in [1.807, 2.05) is 0 Å². The second-order valence-electron chi connectivity index (χ2n) is 2.55. The first-order chi connectivity index (χ1) is 6.26. The summed E-state index contributed by atoms with van der Waals surface area (Å²) in [6.07, 6.45) is 1.71. The van der Waals surface area contributed by atoms with Crippen LogP contribution in [0.15, 0.2) is 30.9 Å². The highest BCUT2D eigenvalue weighted by Crippen LogP contribution is 2.19. The summed E-state index contributed by atoms with van der Waals surface area (Å²) in [7, 11) is 1.51. The molecule has 13 heavy (non-hydrogen) atoms. The molecule has 0 saturated carbocycles. The Hall–Kier alpha value is -1.51. The molecule has 0 aromatic heterocycles. The highest BCUT2D eigenvalue weighted by atomic mass is 19.1. The Morgan fingerprint density at radius 3 is 2.92 bits per heavy atom. The van der Waals surface area contributed by atoms with E-state index in [9.17, 15) is 4.39 Å². The van der Waals surface area contributed by atoms with Gasteiger partial charge in [0.15, 0.2) is 0 Å². The summed E-state index contributed by atoms with van der Waals surface area (Å²) >= 11 is 0. The summed E-state index contributed by atoms with van der Waals surface area (Å²) in [6.45, 7) is 4.16. The summed E-state index contributed by atoms with van der Waals surface area (Å²) in [5.41, 5.74) is 0.691. The van der Waals surface area contributed by atoms with E-state index in [1.165, 1.54) is 19.2 Å². The fourth-order valence-electron chi connectivity index (χ4n) is 0.973. The van der Waals surface area contributed by atoms with Gasteiger partial charge in [-0.3, -0.25) is 0 Å². The number of methoxy groups -OCH3 is 1. The van der Waals surface area contributed by atoms with Crippen molar-refractivity contribution < 1.29 is 9.13 Å². The number of rotatable bonds is 4. The summed E-state index contributed by atoms with van der Waals surface area (Å²) in [4.78, 5) is 0. The highest BCUT2D eigenvalue weighted by Gasteiger charge is 1.98. The molecule has 0 aliphatic heterocycles. The lowest BCUT2D eigenvalue weighted by atomic mass is 10.3. The minimum Gasteiger partial charge on any atom is -0.497 e. The van der Waals surface area contributed by atoms with Crippen molar-refractivity contribution in [2.45, 2.75) is 0 Å². The lowest BCUT2D eigenvalue weighted by molar-refractivity contribution is 0.411. The summed E-state index contributed by atoms with van der Waals surface area (Å²) in [6, 6.07) is 4.47. The van der Waals surface area contributed by atoms with Crippen LogP contribution >= 0.6 is 0 Å². The zero-order valence-corrected chi connectivity index (χ0v) is 7.51. The van der Waals surface area contributed by atoms with Crippen LogP contribution in [0.1, 0.15) is 0 Å². The summed E-state index contributed by atoms with van der Waals surface area (Å²) < 4.78 is 17.8. The number of hydrogen-bond donors (Lipinski definition) is 1. The van der Waals surface area contributed by atoms with Crippen molar-refractivity contribution in [3.8, 4) is 5.75 Å². The lowest BCUT2D eigenvalue weighted by Crippen LogP contribution is -1.98. The second-order valence-corrected chi connectivity index (χ2v) is 2.55. The van der Waals surface area contributed by atoms with E-state index < -0.39 is 0 Å². The third kappa shape index (κ3) is 2.78. The van der Waals surface area contributed by atoms with Crippen LogP contribution in [0.3, 0.4) is 0 Å². The van der Waals surface area contributed by atoms with Crippen molar-refractivity contribution in [2.24, 2.45) is 0 Å². The molecule has 0 spiro atoms. The number of halogens is 1. The standard InChI is InChI=1S/C10H12FNO/c1-3-4-12-9-5-8(11)6-10(7-9)13-2/h3,5-7,12H,1,4H2,2H3. The van der Waals surface area contributed by atoms with E-state index in [0.29, 0.717) is 18.0 Å². The largest absolute Gasteiger partial charge is 0.497 e. The van der Waals surface area contributed by atoms with E-state index in [0.717, 1.165) is 0 Å². The van der Waals surface area contributed by atoms with Crippen LogP contribution in [-0.4, -0.2) is 13.7 Å². The third-order valence-electron chi connectivity index (χ3n) is 1.56. The third-order valence-corrected chi connectivity index (χ3v) is 1.56. The van der Waals surface area contributed by atoms with Crippen LogP contribution in [0.25, 0.3) is 0 Å². The van der Waals surface area contributed by atoms with Gasteiger partial charge in [-0.25, -0.2) is 4.39 Å². The van der Waals surface area contributed by atoms with Crippen LogP contribution < -0.4 is 10.1 Å². The SMILES string of the molecule is C=CCNc1cc(F)cc(OC)c1. The number of anilines is 1. The molecule has 0 amide bonds. The van der Waals surface area contributed by atoms with Gasteiger partial charge in [0.2, 0.25) is 0 Å². The quantitative estimate of drug-likeness (QED) is 0.720. The maximum atomic E-state index is 12.9. The molecule has 2 nitrogen and oxygen atoms in total. The molecule has 1 rings (SSSR count). The molecule has 0 aliphatic carbocycles. The molecule has 3 heteroatoms. The van der Waals surface area contributed by atoms with Crippen molar-refractivity contribution >= 4 is 5.69 Å². The van der Waals surface area contributed by atoms with Crippen molar-refractivity contribution in [1.82, 2.24) is 0 Å². The number of nitrogens with one attached hydrogen (secondary N) is 1. The lowest BCUT2D eigenvalue weighted by Gasteiger charge is -2.06. The van der Waals surface area contributed by atoms with E-state index in [1.54, 1.807) is 12.1 Å². The number of hydrogen-bond acceptors (Lipinski definition) is 2. The molecule has 0 heterocycles. The van der Waals surface area contributed by atoms with Crippen LogP contribution in [-0.2, 0) is 0 Å². The van der Waals surface area contributed by atoms with Gasteiger partial charge in [-0.15, -0.1) is 6.58 Å². The minimum atomic E-state index is -0.314. The second kappa shape index (κ2) is 4.50. The molecular formula is C10H12FNO. The Kier molecular flexibility index (Phi) is 3.31. The fourth-order valence-corrected chi connectivity index (χ4v) is 0.973. The van der Waals surface area contributed by atoms with Gasteiger partial charge in [0.1, 0.15) is 11.6 Å². The topological polar surface area (TPSA) is 21.3 Å². The first-order valence-corrected chi connectivity index (χ1v) is 3.95. The van der Waals surface area contributed by atoms with Gasteiger partial charge in [-0.05, 0) is 6.07 Å². The number of benzene rings is 1. The van der Waals surface area contributed by atoms with Gasteiger partial charge in [0.05, 0.1) is 7.11 Å². The van der Waals surface area contributed by atoms with Gasteiger partial charge in [0, 0.05) is 24.4 Å². The maximum absolute atomic E-state index is 12.9. The molecule has 0 atom stereocenters. The van der Waals surface area contributed by atoms with Crippen molar-refractivity contribution in [3.63, 3.8) is 0 Å². The van der Waals surface area contributed by atoms with Gasteiger partial charge in [-0.2, -0.15) is 0 Å². The summed E-state index contributed by atoms with van der Waals surface area (Å²) in [5.74, 6) is 0.192. The first kappa shape index (κ1) is 9.58. The van der Waals surface area contributed by atoms with E-state index in [2.05, 4.69) is 11.9 Å². The predicted octanol–water partition coefficient (Wildman–Crippen LogP) is 2.43. The van der Waals surface area contributed by atoms with Crippen LogP contribution in [0.4, 0.5) is 10.1 Å². The Bertz CT molecular complexity index is 299. The van der Waals surface area contributed by atoms with Crippen molar-refractivity contribution in [1.29, 1.82) is 0 Å². The average molecular weight is 181 g/mol. The molecule has 1 aromatic rings. The molecule has 0 bridgehead atoms. The molecule has 1 N–H and O–H groups in total. The predicted molar refractivity (Wildman–Crippen MR) is 51.6 cm³/mol. The van der Waals surface area contributed by atoms with Crippen molar-refractivity contribution in [2.75, 3.05) is 19.0 Å². The van der Waals surface area contributed by atoms with Crippen LogP contribution in [0.2, 0.25) is 0 Å².